The quantitative estimate of drug-likeness (QED) is 0.609. The van der Waals surface area contributed by atoms with Crippen LogP contribution in [0.2, 0.25) is 0 Å². The highest BCUT2D eigenvalue weighted by atomic mass is 32.1. The third-order valence-electron chi connectivity index (χ3n) is 5.05. The van der Waals surface area contributed by atoms with E-state index in [1.807, 2.05) is 37.4 Å². The van der Waals surface area contributed by atoms with Crippen LogP contribution in [0, 0.1) is 0 Å². The predicted octanol–water partition coefficient (Wildman–Crippen LogP) is 4.17. The summed E-state index contributed by atoms with van der Waals surface area (Å²) in [4.78, 5) is 16.5. The van der Waals surface area contributed by atoms with Gasteiger partial charge in [0, 0.05) is 35.4 Å². The van der Waals surface area contributed by atoms with Crippen molar-refractivity contribution in [3.05, 3.63) is 65.5 Å². The Bertz CT molecular complexity index is 968. The van der Waals surface area contributed by atoms with E-state index in [1.165, 1.54) is 17.0 Å². The van der Waals surface area contributed by atoms with Crippen LogP contribution >= 0.6 is 11.3 Å². The molecule has 3 aromatic rings. The number of carbonyl (C=O) groups excluding carboxylic acids is 1. The number of aromatic hydroxyl groups is 1. The van der Waals surface area contributed by atoms with Gasteiger partial charge >= 0.3 is 0 Å². The van der Waals surface area contributed by atoms with Gasteiger partial charge in [0.1, 0.15) is 5.75 Å². The SMILES string of the molecule is CNC1CCN(c2ccc(NC(=O)c3ccc(-c4cccc(O)c4)s3)cc2)C1. The summed E-state index contributed by atoms with van der Waals surface area (Å²) in [7, 11) is 2.00. The fourth-order valence-electron chi connectivity index (χ4n) is 3.45. The van der Waals surface area contributed by atoms with Gasteiger partial charge in [-0.05, 0) is 67.6 Å². The maximum absolute atomic E-state index is 12.6. The summed E-state index contributed by atoms with van der Waals surface area (Å²) in [6.45, 7) is 2.06. The average Bonchev–Trinajstić information content (AvgIpc) is 3.38. The maximum Gasteiger partial charge on any atom is 0.265 e. The molecule has 3 N–H and O–H groups in total. The lowest BCUT2D eigenvalue weighted by Gasteiger charge is -2.19. The van der Waals surface area contributed by atoms with Crippen molar-refractivity contribution < 1.29 is 9.90 Å². The number of nitrogens with zero attached hydrogens (tertiary/aromatic N) is 1. The van der Waals surface area contributed by atoms with E-state index in [1.54, 1.807) is 18.2 Å². The fourth-order valence-corrected chi connectivity index (χ4v) is 4.35. The number of amides is 1. The van der Waals surface area contributed by atoms with Gasteiger partial charge in [0.15, 0.2) is 0 Å². The van der Waals surface area contributed by atoms with E-state index < -0.39 is 0 Å². The van der Waals surface area contributed by atoms with Crippen LogP contribution in [0.3, 0.4) is 0 Å². The minimum Gasteiger partial charge on any atom is -0.508 e. The second kappa shape index (κ2) is 8.04. The third kappa shape index (κ3) is 4.03. The number of phenols is 1. The molecule has 1 fully saturated rings. The van der Waals surface area contributed by atoms with Crippen molar-refractivity contribution in [2.45, 2.75) is 12.5 Å². The first-order valence-corrected chi connectivity index (χ1v) is 10.2. The Hall–Kier alpha value is -2.83. The monoisotopic (exact) mass is 393 g/mol. The summed E-state index contributed by atoms with van der Waals surface area (Å²) < 4.78 is 0. The Morgan fingerprint density at radius 1 is 1.14 bits per heavy atom. The molecule has 1 atom stereocenters. The number of rotatable bonds is 5. The van der Waals surface area contributed by atoms with Crippen LogP contribution in [0.1, 0.15) is 16.1 Å². The van der Waals surface area contributed by atoms with Crippen LogP contribution < -0.4 is 15.5 Å². The molecule has 0 bridgehead atoms. The first kappa shape index (κ1) is 18.5. The number of likely N-dealkylation sites (N-methyl/N-ethyl adjacent to an activating group) is 1. The molecule has 28 heavy (non-hydrogen) atoms. The molecule has 4 rings (SSSR count). The highest BCUT2D eigenvalue weighted by Crippen LogP contribution is 2.30. The molecule has 0 radical (unpaired) electrons. The first-order chi connectivity index (χ1) is 13.6. The molecule has 1 aromatic heterocycles. The van der Waals surface area contributed by atoms with Crippen LogP contribution in [0.5, 0.6) is 5.75 Å². The van der Waals surface area contributed by atoms with Crippen LogP contribution in [-0.2, 0) is 0 Å². The van der Waals surface area contributed by atoms with Crippen molar-refractivity contribution in [3.8, 4) is 16.2 Å². The number of hydrogen-bond donors (Lipinski definition) is 3. The summed E-state index contributed by atoms with van der Waals surface area (Å²) in [6.07, 6.45) is 1.15. The lowest BCUT2D eigenvalue weighted by atomic mass is 10.2. The Kier molecular flexibility index (Phi) is 5.32. The van der Waals surface area contributed by atoms with Crippen LogP contribution in [0.4, 0.5) is 11.4 Å². The Balaban J connectivity index is 1.41. The van der Waals surface area contributed by atoms with Gasteiger partial charge in [0.25, 0.3) is 5.91 Å². The van der Waals surface area contributed by atoms with E-state index in [-0.39, 0.29) is 11.7 Å². The molecule has 5 nitrogen and oxygen atoms in total. The van der Waals surface area contributed by atoms with Crippen LogP contribution in [-0.4, -0.2) is 37.2 Å². The topological polar surface area (TPSA) is 64.6 Å². The third-order valence-corrected chi connectivity index (χ3v) is 6.18. The van der Waals surface area contributed by atoms with Crippen LogP contribution in [0.25, 0.3) is 10.4 Å². The lowest BCUT2D eigenvalue weighted by molar-refractivity contribution is 0.103. The van der Waals surface area contributed by atoms with E-state index >= 15 is 0 Å². The second-order valence-corrected chi connectivity index (χ2v) is 8.02. The summed E-state index contributed by atoms with van der Waals surface area (Å²) in [5.41, 5.74) is 2.86. The number of anilines is 2. The van der Waals surface area contributed by atoms with Crippen LogP contribution in [0.15, 0.2) is 60.7 Å². The predicted molar refractivity (Wildman–Crippen MR) is 115 cm³/mol. The van der Waals surface area contributed by atoms with Gasteiger partial charge in [-0.1, -0.05) is 12.1 Å². The highest BCUT2D eigenvalue weighted by Gasteiger charge is 2.21. The number of hydrogen-bond acceptors (Lipinski definition) is 5. The van der Waals surface area contributed by atoms with Crippen molar-refractivity contribution in [2.24, 2.45) is 0 Å². The van der Waals surface area contributed by atoms with Crippen molar-refractivity contribution >= 4 is 28.6 Å². The number of phenolic OH excluding ortho intramolecular Hbond substituents is 1. The normalized spacial score (nSPS) is 16.3. The van der Waals surface area contributed by atoms with Gasteiger partial charge < -0.3 is 20.6 Å². The molecule has 1 unspecified atom stereocenters. The molecule has 1 aliphatic heterocycles. The first-order valence-electron chi connectivity index (χ1n) is 9.35. The number of nitrogens with one attached hydrogen (secondary N) is 2. The van der Waals surface area contributed by atoms with E-state index in [2.05, 4.69) is 27.7 Å². The average molecular weight is 394 g/mol. The molecule has 2 heterocycles. The summed E-state index contributed by atoms with van der Waals surface area (Å²) >= 11 is 1.41. The van der Waals surface area contributed by atoms with E-state index in [4.69, 9.17) is 0 Å². The smallest absolute Gasteiger partial charge is 0.265 e. The van der Waals surface area contributed by atoms with Gasteiger partial charge in [0.2, 0.25) is 0 Å². The van der Waals surface area contributed by atoms with Gasteiger partial charge in [-0.25, -0.2) is 0 Å². The minimum atomic E-state index is -0.124. The molecule has 2 aromatic carbocycles. The van der Waals surface area contributed by atoms with Gasteiger partial charge in [-0.15, -0.1) is 11.3 Å². The van der Waals surface area contributed by atoms with E-state index in [9.17, 15) is 9.90 Å². The largest absolute Gasteiger partial charge is 0.508 e. The van der Waals surface area contributed by atoms with E-state index in [0.29, 0.717) is 10.9 Å². The molecule has 144 valence electrons. The van der Waals surface area contributed by atoms with Crippen molar-refractivity contribution in [3.63, 3.8) is 0 Å². The van der Waals surface area contributed by atoms with Crippen molar-refractivity contribution in [1.82, 2.24) is 5.32 Å². The zero-order valence-electron chi connectivity index (χ0n) is 15.7. The molecule has 0 aliphatic carbocycles. The Morgan fingerprint density at radius 3 is 2.68 bits per heavy atom. The summed E-state index contributed by atoms with van der Waals surface area (Å²) in [5, 5.41) is 15.9. The number of benzene rings is 2. The van der Waals surface area contributed by atoms with Gasteiger partial charge in [0.05, 0.1) is 4.88 Å². The minimum absolute atomic E-state index is 0.124. The number of carbonyl (C=O) groups is 1. The van der Waals surface area contributed by atoms with E-state index in [0.717, 1.165) is 35.6 Å². The highest BCUT2D eigenvalue weighted by molar-refractivity contribution is 7.17. The standard InChI is InChI=1S/C22H23N3O2S/c1-23-17-11-12-25(14-17)18-7-5-16(6-8-18)24-22(27)21-10-9-20(28-21)15-3-2-4-19(26)13-15/h2-10,13,17,23,26H,11-12,14H2,1H3,(H,24,27). The van der Waals surface area contributed by atoms with Gasteiger partial charge in [-0.3, -0.25) is 4.79 Å². The van der Waals surface area contributed by atoms with Crippen molar-refractivity contribution in [2.75, 3.05) is 30.4 Å². The summed E-state index contributed by atoms with van der Waals surface area (Å²) in [6, 6.07) is 19.3. The molecule has 1 aliphatic rings. The lowest BCUT2D eigenvalue weighted by Crippen LogP contribution is -2.29. The molecular weight excluding hydrogens is 370 g/mol. The molecule has 0 saturated carbocycles. The van der Waals surface area contributed by atoms with Gasteiger partial charge in [-0.2, -0.15) is 0 Å². The molecule has 1 saturated heterocycles. The molecule has 0 spiro atoms. The summed E-state index contributed by atoms with van der Waals surface area (Å²) in [5.74, 6) is 0.0941. The van der Waals surface area contributed by atoms with Crippen molar-refractivity contribution in [1.29, 1.82) is 0 Å². The zero-order valence-corrected chi connectivity index (χ0v) is 16.5. The second-order valence-electron chi connectivity index (χ2n) is 6.94. The number of thiophene rings is 1. The molecule has 1 amide bonds. The Morgan fingerprint density at radius 2 is 1.96 bits per heavy atom. The zero-order chi connectivity index (χ0) is 19.5. The maximum atomic E-state index is 12.6. The Labute approximate surface area is 168 Å². The fraction of sp³-hybridized carbons (Fsp3) is 0.227. The molecule has 6 heteroatoms. The molecular formula is C22H23N3O2S.